The van der Waals surface area contributed by atoms with Gasteiger partial charge in [0, 0.05) is 4.88 Å². The summed E-state index contributed by atoms with van der Waals surface area (Å²) in [5.74, 6) is -0.318. The number of nitrogens with two attached hydrogens (primary N) is 1. The summed E-state index contributed by atoms with van der Waals surface area (Å²) in [6, 6.07) is 0. The Morgan fingerprint density at radius 1 is 1.50 bits per heavy atom. The summed E-state index contributed by atoms with van der Waals surface area (Å²) in [5.41, 5.74) is 7.47. The molecule has 0 spiro atoms. The summed E-state index contributed by atoms with van der Waals surface area (Å²) in [4.78, 5) is 24.5. The molecule has 0 bridgehead atoms. The van der Waals surface area contributed by atoms with Gasteiger partial charge in [-0.2, -0.15) is 0 Å². The summed E-state index contributed by atoms with van der Waals surface area (Å²) in [6.45, 7) is 3.72. The van der Waals surface area contributed by atoms with E-state index >= 15 is 0 Å². The highest BCUT2D eigenvalue weighted by Gasteiger charge is 2.30. The molecule has 0 saturated carbocycles. The van der Waals surface area contributed by atoms with Crippen molar-refractivity contribution in [2.45, 2.75) is 33.1 Å². The molecule has 1 atom stereocenters. The minimum absolute atomic E-state index is 0.0190. The quantitative estimate of drug-likeness (QED) is 0.673. The van der Waals surface area contributed by atoms with Crippen LogP contribution in [-0.4, -0.2) is 18.4 Å². The zero-order valence-electron chi connectivity index (χ0n) is 10.6. The number of esters is 1. The first-order valence-corrected chi connectivity index (χ1v) is 6.93. The fourth-order valence-electron chi connectivity index (χ4n) is 2.45. The van der Waals surface area contributed by atoms with Crippen LogP contribution < -0.4 is 5.73 Å². The highest BCUT2D eigenvalue weighted by Crippen LogP contribution is 2.38. The van der Waals surface area contributed by atoms with Gasteiger partial charge in [-0.25, -0.2) is 0 Å². The maximum atomic E-state index is 11.8. The molecule has 2 rings (SSSR count). The van der Waals surface area contributed by atoms with E-state index in [-0.39, 0.29) is 17.7 Å². The monoisotopic (exact) mass is 267 g/mol. The van der Waals surface area contributed by atoms with Crippen molar-refractivity contribution in [1.82, 2.24) is 0 Å². The number of hydrogen-bond donors (Lipinski definition) is 1. The van der Waals surface area contributed by atoms with E-state index in [9.17, 15) is 9.59 Å². The summed E-state index contributed by atoms with van der Waals surface area (Å²) in [6.07, 6.45) is 2.17. The van der Waals surface area contributed by atoms with Gasteiger partial charge in [0.1, 0.15) is 0 Å². The lowest BCUT2D eigenvalue weighted by Crippen LogP contribution is -2.24. The molecular weight excluding hydrogens is 250 g/mol. The second-order valence-electron chi connectivity index (χ2n) is 4.49. The highest BCUT2D eigenvalue weighted by molar-refractivity contribution is 7.16. The van der Waals surface area contributed by atoms with E-state index < -0.39 is 0 Å². The van der Waals surface area contributed by atoms with Crippen LogP contribution in [0.3, 0.4) is 0 Å². The summed E-state index contributed by atoms with van der Waals surface area (Å²) >= 11 is 1.48. The number of aryl methyl sites for hydroxylation is 1. The second-order valence-corrected chi connectivity index (χ2v) is 5.63. The van der Waals surface area contributed by atoms with Crippen LogP contribution in [0.25, 0.3) is 0 Å². The molecule has 5 heteroatoms. The minimum Gasteiger partial charge on any atom is -0.466 e. The normalized spacial score (nSPS) is 18.2. The van der Waals surface area contributed by atoms with Crippen molar-refractivity contribution >= 4 is 28.1 Å². The Labute approximate surface area is 110 Å². The maximum absolute atomic E-state index is 11.8. The minimum atomic E-state index is -0.164. The first-order valence-electron chi connectivity index (χ1n) is 6.12. The van der Waals surface area contributed by atoms with E-state index in [4.69, 9.17) is 10.5 Å². The van der Waals surface area contributed by atoms with E-state index in [1.165, 1.54) is 18.3 Å². The predicted octanol–water partition coefficient (Wildman–Crippen LogP) is 2.20. The average Bonchev–Trinajstić information content (AvgIpc) is 2.64. The van der Waals surface area contributed by atoms with Crippen LogP contribution in [0.15, 0.2) is 0 Å². The van der Waals surface area contributed by atoms with Crippen molar-refractivity contribution in [3.63, 3.8) is 0 Å². The van der Waals surface area contributed by atoms with Crippen molar-refractivity contribution in [2.24, 2.45) is 5.92 Å². The molecule has 1 heterocycles. The van der Waals surface area contributed by atoms with Gasteiger partial charge in [-0.15, -0.1) is 11.3 Å². The zero-order chi connectivity index (χ0) is 13.3. The highest BCUT2D eigenvalue weighted by atomic mass is 32.1. The fourth-order valence-corrected chi connectivity index (χ4v) is 3.62. The molecule has 18 heavy (non-hydrogen) atoms. The van der Waals surface area contributed by atoms with Crippen LogP contribution in [0, 0.1) is 5.92 Å². The maximum Gasteiger partial charge on any atom is 0.309 e. The number of rotatable bonds is 3. The second kappa shape index (κ2) is 5.10. The van der Waals surface area contributed by atoms with Crippen molar-refractivity contribution in [3.05, 3.63) is 16.0 Å². The van der Waals surface area contributed by atoms with Crippen LogP contribution in [-0.2, 0) is 22.4 Å². The SMILES string of the molecule is CCOC(=O)C1CCc2sc(N)c(C(C)=O)c2C1. The number of carbonyl (C=O) groups excluding carboxylic acids is 2. The van der Waals surface area contributed by atoms with E-state index in [1.807, 2.05) is 0 Å². The van der Waals surface area contributed by atoms with Gasteiger partial charge in [-0.3, -0.25) is 9.59 Å². The van der Waals surface area contributed by atoms with Gasteiger partial charge in [0.05, 0.1) is 23.1 Å². The molecule has 0 fully saturated rings. The summed E-state index contributed by atoms with van der Waals surface area (Å²) < 4.78 is 5.05. The number of thiophene rings is 1. The van der Waals surface area contributed by atoms with Crippen molar-refractivity contribution in [3.8, 4) is 0 Å². The number of carbonyl (C=O) groups is 2. The molecule has 4 nitrogen and oxygen atoms in total. The molecule has 98 valence electrons. The molecule has 1 aromatic heterocycles. The van der Waals surface area contributed by atoms with E-state index in [1.54, 1.807) is 6.92 Å². The molecule has 0 aliphatic heterocycles. The van der Waals surface area contributed by atoms with Gasteiger partial charge in [0.2, 0.25) is 0 Å². The third-order valence-corrected chi connectivity index (χ3v) is 4.38. The standard InChI is InChI=1S/C13H17NO3S/c1-3-17-13(16)8-4-5-10-9(6-8)11(7(2)15)12(14)18-10/h8H,3-6,14H2,1-2H3. The van der Waals surface area contributed by atoms with Gasteiger partial charge in [-0.05, 0) is 38.7 Å². The van der Waals surface area contributed by atoms with Gasteiger partial charge in [0.25, 0.3) is 0 Å². The Kier molecular flexibility index (Phi) is 3.71. The van der Waals surface area contributed by atoms with Gasteiger partial charge in [0.15, 0.2) is 5.78 Å². The van der Waals surface area contributed by atoms with Crippen LogP contribution >= 0.6 is 11.3 Å². The Hall–Kier alpha value is -1.36. The molecule has 1 aromatic rings. The molecule has 1 aliphatic carbocycles. The number of ether oxygens (including phenoxy) is 1. The molecular formula is C13H17NO3S. The van der Waals surface area contributed by atoms with E-state index in [0.717, 1.165) is 23.3 Å². The Morgan fingerprint density at radius 2 is 2.22 bits per heavy atom. The largest absolute Gasteiger partial charge is 0.466 e. The first kappa shape index (κ1) is 13.1. The van der Waals surface area contributed by atoms with Crippen LogP contribution in [0.1, 0.15) is 41.1 Å². The smallest absolute Gasteiger partial charge is 0.309 e. The molecule has 0 saturated heterocycles. The van der Waals surface area contributed by atoms with Gasteiger partial charge < -0.3 is 10.5 Å². The third-order valence-electron chi connectivity index (χ3n) is 3.26. The summed E-state index contributed by atoms with van der Waals surface area (Å²) in [7, 11) is 0. The molecule has 1 unspecified atom stereocenters. The molecule has 1 aliphatic rings. The topological polar surface area (TPSA) is 69.4 Å². The number of fused-ring (bicyclic) bond motifs is 1. The number of ketones is 1. The Morgan fingerprint density at radius 3 is 2.83 bits per heavy atom. The molecule has 0 aromatic carbocycles. The number of nitrogen functional groups attached to an aromatic ring is 1. The van der Waals surface area contributed by atoms with Crippen molar-refractivity contribution in [2.75, 3.05) is 12.3 Å². The van der Waals surface area contributed by atoms with Gasteiger partial charge >= 0.3 is 5.97 Å². The fraction of sp³-hybridized carbons (Fsp3) is 0.538. The van der Waals surface area contributed by atoms with Gasteiger partial charge in [-0.1, -0.05) is 0 Å². The number of anilines is 1. The summed E-state index contributed by atoms with van der Waals surface area (Å²) in [5, 5.41) is 0.581. The molecule has 2 N–H and O–H groups in total. The number of hydrogen-bond acceptors (Lipinski definition) is 5. The number of Topliss-reactive ketones (excluding diaryl/α,β-unsaturated/α-hetero) is 1. The average molecular weight is 267 g/mol. The Bertz CT molecular complexity index is 493. The Balaban J connectivity index is 2.27. The first-order chi connectivity index (χ1) is 8.54. The van der Waals surface area contributed by atoms with Crippen molar-refractivity contribution < 1.29 is 14.3 Å². The van der Waals surface area contributed by atoms with E-state index in [2.05, 4.69) is 0 Å². The van der Waals surface area contributed by atoms with Crippen LogP contribution in [0.5, 0.6) is 0 Å². The van der Waals surface area contributed by atoms with E-state index in [0.29, 0.717) is 23.6 Å². The predicted molar refractivity (Wildman–Crippen MR) is 70.9 cm³/mol. The lowest BCUT2D eigenvalue weighted by Gasteiger charge is -2.21. The third kappa shape index (κ3) is 2.27. The molecule has 0 amide bonds. The molecule has 0 radical (unpaired) electrons. The van der Waals surface area contributed by atoms with Crippen LogP contribution in [0.4, 0.5) is 5.00 Å². The van der Waals surface area contributed by atoms with Crippen molar-refractivity contribution in [1.29, 1.82) is 0 Å². The lowest BCUT2D eigenvalue weighted by atomic mass is 9.86. The lowest BCUT2D eigenvalue weighted by molar-refractivity contribution is -0.148. The zero-order valence-corrected chi connectivity index (χ0v) is 11.4. The van der Waals surface area contributed by atoms with Crippen LogP contribution in [0.2, 0.25) is 0 Å².